The summed E-state index contributed by atoms with van der Waals surface area (Å²) in [6, 6.07) is 10.7. The van der Waals surface area contributed by atoms with Gasteiger partial charge in [0.1, 0.15) is 0 Å². The van der Waals surface area contributed by atoms with Crippen molar-refractivity contribution in [1.29, 1.82) is 0 Å². The van der Waals surface area contributed by atoms with Gasteiger partial charge in [-0.05, 0) is 24.3 Å². The molecule has 0 aliphatic heterocycles. The number of rotatable bonds is 2. The molecule has 5 aromatic rings. The molecule has 0 saturated carbocycles. The molecule has 0 saturated heterocycles. The van der Waals surface area contributed by atoms with Gasteiger partial charge in [-0.1, -0.05) is 58.5 Å². The smallest absolute Gasteiger partial charge is 0.251 e. The lowest BCUT2D eigenvalue weighted by Crippen LogP contribution is -1.87. The summed E-state index contributed by atoms with van der Waals surface area (Å²) < 4.78 is 5.96. The van der Waals surface area contributed by atoms with E-state index in [0.29, 0.717) is 42.3 Å². The van der Waals surface area contributed by atoms with Crippen LogP contribution in [0.15, 0.2) is 53.2 Å². The maximum Gasteiger partial charge on any atom is 0.251 e. The number of hydrogen-bond acceptors (Lipinski definition) is 5. The molecule has 29 heavy (non-hydrogen) atoms. The second-order valence-electron chi connectivity index (χ2n) is 6.21. The van der Waals surface area contributed by atoms with Gasteiger partial charge < -0.3 is 4.42 Å². The average Bonchev–Trinajstić information content (AvgIpc) is 3.17. The van der Waals surface area contributed by atoms with Crippen molar-refractivity contribution in [2.24, 2.45) is 0 Å². The second-order valence-corrected chi connectivity index (χ2v) is 7.89. The summed E-state index contributed by atoms with van der Waals surface area (Å²) in [6.07, 6.45) is 3.08. The Balaban J connectivity index is 1.72. The third-order valence-electron chi connectivity index (χ3n) is 4.39. The molecule has 0 N–H and O–H groups in total. The van der Waals surface area contributed by atoms with Gasteiger partial charge in [-0.3, -0.25) is 9.97 Å². The van der Waals surface area contributed by atoms with Crippen molar-refractivity contribution < 1.29 is 4.42 Å². The van der Waals surface area contributed by atoms with Crippen LogP contribution in [0.2, 0.25) is 20.1 Å². The molecule has 9 heteroatoms. The lowest BCUT2D eigenvalue weighted by atomic mass is 10.1. The van der Waals surface area contributed by atoms with Gasteiger partial charge in [0, 0.05) is 23.2 Å². The van der Waals surface area contributed by atoms with Crippen LogP contribution < -0.4 is 0 Å². The zero-order valence-electron chi connectivity index (χ0n) is 14.3. The molecule has 0 spiro atoms. The van der Waals surface area contributed by atoms with E-state index in [-0.39, 0.29) is 11.8 Å². The average molecular weight is 462 g/mol. The van der Waals surface area contributed by atoms with Gasteiger partial charge in [0.2, 0.25) is 0 Å². The monoisotopic (exact) mass is 460 g/mol. The molecule has 0 aliphatic carbocycles. The normalized spacial score (nSPS) is 11.4. The van der Waals surface area contributed by atoms with Gasteiger partial charge >= 0.3 is 0 Å². The molecule has 0 unspecified atom stereocenters. The highest BCUT2D eigenvalue weighted by Gasteiger charge is 2.21. The van der Waals surface area contributed by atoms with Crippen molar-refractivity contribution >= 4 is 68.2 Å². The Labute approximate surface area is 184 Å². The van der Waals surface area contributed by atoms with Crippen LogP contribution in [0.5, 0.6) is 0 Å². The summed E-state index contributed by atoms with van der Waals surface area (Å²) in [5, 5.41) is 11.8. The van der Waals surface area contributed by atoms with E-state index in [1.807, 2.05) is 12.1 Å². The predicted molar refractivity (Wildman–Crippen MR) is 116 cm³/mol. The van der Waals surface area contributed by atoms with Crippen molar-refractivity contribution in [1.82, 2.24) is 20.2 Å². The van der Waals surface area contributed by atoms with E-state index in [1.165, 1.54) is 12.4 Å². The fourth-order valence-corrected chi connectivity index (χ4v) is 3.93. The van der Waals surface area contributed by atoms with Crippen LogP contribution in [0, 0.1) is 0 Å². The fraction of sp³-hybridized carbons (Fsp3) is 0. The first-order chi connectivity index (χ1) is 14.0. The van der Waals surface area contributed by atoms with Crippen molar-refractivity contribution in [3.8, 4) is 22.9 Å². The van der Waals surface area contributed by atoms with Crippen molar-refractivity contribution in [2.75, 3.05) is 0 Å². The Morgan fingerprint density at radius 1 is 0.621 bits per heavy atom. The van der Waals surface area contributed by atoms with Crippen LogP contribution in [0.1, 0.15) is 0 Å². The molecule has 0 atom stereocenters. The van der Waals surface area contributed by atoms with Crippen molar-refractivity contribution in [3.05, 3.63) is 68.9 Å². The van der Waals surface area contributed by atoms with E-state index in [9.17, 15) is 0 Å². The predicted octanol–water partition coefficient (Wildman–Crippen LogP) is 7.11. The highest BCUT2D eigenvalue weighted by molar-refractivity contribution is 6.36. The maximum atomic E-state index is 6.42. The minimum Gasteiger partial charge on any atom is -0.416 e. The van der Waals surface area contributed by atoms with E-state index in [1.54, 1.807) is 24.3 Å². The van der Waals surface area contributed by atoms with E-state index >= 15 is 0 Å². The topological polar surface area (TPSA) is 64.7 Å². The number of benzene rings is 2. The molecule has 0 radical (unpaired) electrons. The van der Waals surface area contributed by atoms with Gasteiger partial charge in [-0.15, -0.1) is 10.2 Å². The molecular formula is C20H8Cl4N4O. The minimum absolute atomic E-state index is 0.215. The number of fused-ring (bicyclic) bond motifs is 2. The standard InChI is InChI=1S/C20H8Cl4N4O/c21-11-5-9-1-3-13(23)15(17(9)25-7-11)19-27-28-20(29-19)16-14(24)4-2-10-6-12(22)8-26-18(10)16/h1-8H. The van der Waals surface area contributed by atoms with E-state index < -0.39 is 0 Å². The van der Waals surface area contributed by atoms with Gasteiger partial charge in [0.25, 0.3) is 11.8 Å². The van der Waals surface area contributed by atoms with Crippen LogP contribution in [0.25, 0.3) is 44.7 Å². The first-order valence-electron chi connectivity index (χ1n) is 8.33. The van der Waals surface area contributed by atoms with Crippen molar-refractivity contribution in [2.45, 2.75) is 0 Å². The molecule has 5 nitrogen and oxygen atoms in total. The van der Waals surface area contributed by atoms with E-state index in [0.717, 1.165) is 10.8 Å². The van der Waals surface area contributed by atoms with Crippen molar-refractivity contribution in [3.63, 3.8) is 0 Å². The molecule has 2 aromatic carbocycles. The summed E-state index contributed by atoms with van der Waals surface area (Å²) >= 11 is 24.9. The number of hydrogen-bond donors (Lipinski definition) is 0. The Kier molecular flexibility index (Phi) is 4.56. The van der Waals surface area contributed by atoms with E-state index in [4.69, 9.17) is 50.8 Å². The first kappa shape index (κ1) is 18.6. The number of nitrogens with zero attached hydrogens (tertiary/aromatic N) is 4. The Morgan fingerprint density at radius 2 is 1.07 bits per heavy atom. The minimum atomic E-state index is 0.215. The molecular weight excluding hydrogens is 454 g/mol. The molecule has 0 amide bonds. The lowest BCUT2D eigenvalue weighted by Gasteiger charge is -2.06. The third-order valence-corrected chi connectivity index (χ3v) is 5.43. The quantitative estimate of drug-likeness (QED) is 0.280. The number of pyridine rings is 2. The summed E-state index contributed by atoms with van der Waals surface area (Å²) in [4.78, 5) is 8.76. The summed E-state index contributed by atoms with van der Waals surface area (Å²) in [6.45, 7) is 0. The second kappa shape index (κ2) is 7.11. The van der Waals surface area contributed by atoms with E-state index in [2.05, 4.69) is 20.2 Å². The molecule has 0 fully saturated rings. The van der Waals surface area contributed by atoms with Gasteiger partial charge in [0.15, 0.2) is 0 Å². The molecule has 0 bridgehead atoms. The highest BCUT2D eigenvalue weighted by Crippen LogP contribution is 2.38. The largest absolute Gasteiger partial charge is 0.416 e. The van der Waals surface area contributed by atoms with Gasteiger partial charge in [-0.25, -0.2) is 0 Å². The highest BCUT2D eigenvalue weighted by atomic mass is 35.5. The fourth-order valence-electron chi connectivity index (χ4n) is 3.13. The first-order valence-corrected chi connectivity index (χ1v) is 9.84. The van der Waals surface area contributed by atoms with Crippen LogP contribution in [0.3, 0.4) is 0 Å². The zero-order chi connectivity index (χ0) is 20.1. The molecule has 5 rings (SSSR count). The molecule has 0 aliphatic rings. The third kappa shape index (κ3) is 3.20. The number of aromatic nitrogens is 4. The van der Waals surface area contributed by atoms with Gasteiger partial charge in [0.05, 0.1) is 42.3 Å². The molecule has 3 aromatic heterocycles. The zero-order valence-corrected chi connectivity index (χ0v) is 17.4. The molecule has 142 valence electrons. The van der Waals surface area contributed by atoms with Gasteiger partial charge in [-0.2, -0.15) is 0 Å². The Hall–Kier alpha value is -2.44. The summed E-state index contributed by atoms with van der Waals surface area (Å²) in [7, 11) is 0. The molecule has 3 heterocycles. The number of halogens is 4. The van der Waals surface area contributed by atoms with Crippen LogP contribution in [0.4, 0.5) is 0 Å². The lowest BCUT2D eigenvalue weighted by molar-refractivity contribution is 0.585. The van der Waals surface area contributed by atoms with Crippen LogP contribution in [-0.2, 0) is 0 Å². The maximum absolute atomic E-state index is 6.42. The Morgan fingerprint density at radius 3 is 1.52 bits per heavy atom. The van der Waals surface area contributed by atoms with Crippen LogP contribution in [-0.4, -0.2) is 20.2 Å². The summed E-state index contributed by atoms with van der Waals surface area (Å²) in [5.74, 6) is 0.430. The Bertz CT molecular complexity index is 1310. The summed E-state index contributed by atoms with van der Waals surface area (Å²) in [5.41, 5.74) is 2.25. The SMILES string of the molecule is Clc1cnc2c(-c3nnc(-c4c(Cl)ccc5cc(Cl)cnc45)o3)c(Cl)ccc2c1. The van der Waals surface area contributed by atoms with Crippen LogP contribution >= 0.6 is 46.4 Å².